The molecule has 4 rings (SSSR count). The number of pyridine rings is 1. The van der Waals surface area contributed by atoms with Crippen molar-refractivity contribution in [3.63, 3.8) is 0 Å². The van der Waals surface area contributed by atoms with Gasteiger partial charge in [0, 0.05) is 31.4 Å². The van der Waals surface area contributed by atoms with E-state index in [1.165, 1.54) is 0 Å². The van der Waals surface area contributed by atoms with Gasteiger partial charge in [-0.3, -0.25) is 14.6 Å². The fraction of sp³-hybridized carbons (Fsp3) is 0.500. The summed E-state index contributed by atoms with van der Waals surface area (Å²) in [4.78, 5) is 35.7. The number of hydrogen-bond donors (Lipinski definition) is 1. The van der Waals surface area contributed by atoms with Gasteiger partial charge >= 0.3 is 0 Å². The average molecular weight is 367 g/mol. The molecule has 0 bridgehead atoms. The molecule has 2 aromatic rings. The predicted octanol–water partition coefficient (Wildman–Crippen LogP) is 1.84. The zero-order valence-corrected chi connectivity index (χ0v) is 15.6. The molecule has 1 aliphatic carbocycles. The highest BCUT2D eigenvalue weighted by atomic mass is 16.2. The van der Waals surface area contributed by atoms with Crippen molar-refractivity contribution in [3.8, 4) is 0 Å². The van der Waals surface area contributed by atoms with E-state index in [0.29, 0.717) is 13.1 Å². The second-order valence-electron chi connectivity index (χ2n) is 7.39. The largest absolute Gasteiger partial charge is 0.350 e. The van der Waals surface area contributed by atoms with Crippen molar-refractivity contribution in [2.24, 2.45) is 5.92 Å². The molecule has 0 aromatic carbocycles. The lowest BCUT2D eigenvalue weighted by atomic mass is 9.84. The van der Waals surface area contributed by atoms with E-state index in [9.17, 15) is 9.59 Å². The molecular weight excluding hydrogens is 342 g/mol. The Hall–Kier alpha value is -2.70. The molecule has 0 saturated heterocycles. The van der Waals surface area contributed by atoms with Crippen LogP contribution in [0.3, 0.4) is 0 Å². The Bertz CT molecular complexity index is 828. The molecule has 27 heavy (non-hydrogen) atoms. The van der Waals surface area contributed by atoms with Crippen LogP contribution in [0, 0.1) is 5.92 Å². The number of fused-ring (bicyclic) bond motifs is 1. The number of carbonyl (C=O) groups is 2. The summed E-state index contributed by atoms with van der Waals surface area (Å²) in [5, 5.41) is 2.88. The van der Waals surface area contributed by atoms with E-state index in [1.54, 1.807) is 6.20 Å². The van der Waals surface area contributed by atoms with Crippen LogP contribution in [0.4, 0.5) is 0 Å². The second kappa shape index (κ2) is 7.50. The van der Waals surface area contributed by atoms with Crippen LogP contribution >= 0.6 is 0 Å². The zero-order valence-electron chi connectivity index (χ0n) is 15.6. The van der Waals surface area contributed by atoms with Gasteiger partial charge in [0.25, 0.3) is 0 Å². The molecule has 1 atom stereocenters. The number of nitrogens with one attached hydrogen (secondary N) is 1. The summed E-state index contributed by atoms with van der Waals surface area (Å²) in [7, 11) is 0. The zero-order chi connectivity index (χ0) is 18.8. The Balaban J connectivity index is 1.37. The summed E-state index contributed by atoms with van der Waals surface area (Å²) in [5.41, 5.74) is 1.57. The van der Waals surface area contributed by atoms with Crippen molar-refractivity contribution >= 4 is 11.8 Å². The first-order valence-electron chi connectivity index (χ1n) is 9.65. The van der Waals surface area contributed by atoms with E-state index in [0.717, 1.165) is 43.0 Å². The SMILES string of the molecule is CC1c2nc(CC(=O)NCc3ccccn3)cn2CCN1C(=O)C1CCC1. The Morgan fingerprint density at radius 3 is 2.78 bits per heavy atom. The summed E-state index contributed by atoms with van der Waals surface area (Å²) in [6.45, 7) is 3.89. The molecular formula is C20H25N5O2. The highest BCUT2D eigenvalue weighted by molar-refractivity contribution is 5.80. The molecule has 1 N–H and O–H groups in total. The van der Waals surface area contributed by atoms with E-state index in [1.807, 2.05) is 36.2 Å². The lowest BCUT2D eigenvalue weighted by molar-refractivity contribution is -0.141. The Morgan fingerprint density at radius 2 is 2.07 bits per heavy atom. The third-order valence-corrected chi connectivity index (χ3v) is 5.55. The molecule has 1 fully saturated rings. The van der Waals surface area contributed by atoms with E-state index >= 15 is 0 Å². The molecule has 0 radical (unpaired) electrons. The van der Waals surface area contributed by atoms with Crippen LogP contribution in [-0.4, -0.2) is 37.8 Å². The topological polar surface area (TPSA) is 80.1 Å². The monoisotopic (exact) mass is 367 g/mol. The van der Waals surface area contributed by atoms with E-state index in [4.69, 9.17) is 0 Å². The third kappa shape index (κ3) is 3.72. The van der Waals surface area contributed by atoms with Crippen molar-refractivity contribution in [2.75, 3.05) is 6.54 Å². The summed E-state index contributed by atoms with van der Waals surface area (Å²) >= 11 is 0. The highest BCUT2D eigenvalue weighted by Crippen LogP contribution is 2.33. The van der Waals surface area contributed by atoms with Gasteiger partial charge in [-0.25, -0.2) is 4.98 Å². The minimum absolute atomic E-state index is 0.0443. The second-order valence-corrected chi connectivity index (χ2v) is 7.39. The van der Waals surface area contributed by atoms with Gasteiger partial charge in [-0.15, -0.1) is 0 Å². The number of carbonyl (C=O) groups excluding carboxylic acids is 2. The lowest BCUT2D eigenvalue weighted by Crippen LogP contribution is -2.45. The third-order valence-electron chi connectivity index (χ3n) is 5.55. The van der Waals surface area contributed by atoms with Crippen molar-refractivity contribution in [3.05, 3.63) is 47.8 Å². The molecule has 1 unspecified atom stereocenters. The van der Waals surface area contributed by atoms with Crippen LogP contribution in [0.1, 0.15) is 49.4 Å². The predicted molar refractivity (Wildman–Crippen MR) is 99.5 cm³/mol. The maximum atomic E-state index is 12.6. The van der Waals surface area contributed by atoms with Gasteiger partial charge in [0.15, 0.2) is 0 Å². The smallest absolute Gasteiger partial charge is 0.226 e. The van der Waals surface area contributed by atoms with Crippen LogP contribution in [0.2, 0.25) is 0 Å². The first kappa shape index (κ1) is 17.7. The molecule has 2 aliphatic rings. The fourth-order valence-corrected chi connectivity index (χ4v) is 3.74. The molecule has 0 spiro atoms. The van der Waals surface area contributed by atoms with Gasteiger partial charge in [0.2, 0.25) is 11.8 Å². The lowest BCUT2D eigenvalue weighted by Gasteiger charge is -2.38. The van der Waals surface area contributed by atoms with Crippen molar-refractivity contribution in [2.45, 2.75) is 51.7 Å². The van der Waals surface area contributed by atoms with Crippen LogP contribution in [0.25, 0.3) is 0 Å². The molecule has 7 nitrogen and oxygen atoms in total. The van der Waals surface area contributed by atoms with E-state index in [2.05, 4.69) is 19.9 Å². The first-order chi connectivity index (χ1) is 13.1. The normalized spacial score (nSPS) is 19.3. The number of amides is 2. The molecule has 2 amide bonds. The van der Waals surface area contributed by atoms with Crippen LogP contribution in [0.5, 0.6) is 0 Å². The maximum absolute atomic E-state index is 12.6. The number of hydrogen-bond acceptors (Lipinski definition) is 4. The number of nitrogens with zero attached hydrogens (tertiary/aromatic N) is 4. The number of rotatable bonds is 5. The van der Waals surface area contributed by atoms with Gasteiger partial charge in [-0.05, 0) is 31.9 Å². The minimum atomic E-state index is -0.0776. The van der Waals surface area contributed by atoms with Crippen molar-refractivity contribution < 1.29 is 9.59 Å². The molecule has 1 saturated carbocycles. The van der Waals surface area contributed by atoms with E-state index in [-0.39, 0.29) is 30.2 Å². The van der Waals surface area contributed by atoms with Gasteiger partial charge in [0.1, 0.15) is 5.82 Å². The minimum Gasteiger partial charge on any atom is -0.350 e. The Labute approximate surface area is 158 Å². The van der Waals surface area contributed by atoms with Gasteiger partial charge in [-0.1, -0.05) is 12.5 Å². The maximum Gasteiger partial charge on any atom is 0.226 e. The standard InChI is InChI=1S/C20H25N5O2/c1-14-19-23-17(11-18(26)22-12-16-7-2-3-8-21-16)13-24(19)9-10-25(14)20(27)15-5-4-6-15/h2-3,7-8,13-15H,4-6,9-12H2,1H3,(H,22,26). The van der Waals surface area contributed by atoms with Crippen molar-refractivity contribution in [1.82, 2.24) is 24.8 Å². The van der Waals surface area contributed by atoms with Crippen LogP contribution in [0.15, 0.2) is 30.6 Å². The first-order valence-corrected chi connectivity index (χ1v) is 9.65. The van der Waals surface area contributed by atoms with Gasteiger partial charge in [0.05, 0.1) is 30.4 Å². The molecule has 1 aliphatic heterocycles. The van der Waals surface area contributed by atoms with E-state index < -0.39 is 0 Å². The van der Waals surface area contributed by atoms with Gasteiger partial charge in [-0.2, -0.15) is 0 Å². The summed E-state index contributed by atoms with van der Waals surface area (Å²) in [6, 6.07) is 5.58. The molecule has 3 heterocycles. The highest BCUT2D eigenvalue weighted by Gasteiger charge is 2.35. The fourth-order valence-electron chi connectivity index (χ4n) is 3.74. The van der Waals surface area contributed by atoms with Gasteiger partial charge < -0.3 is 14.8 Å². The molecule has 2 aromatic heterocycles. The summed E-state index contributed by atoms with van der Waals surface area (Å²) in [5.74, 6) is 1.26. The Morgan fingerprint density at radius 1 is 1.22 bits per heavy atom. The number of aromatic nitrogens is 3. The summed E-state index contributed by atoms with van der Waals surface area (Å²) in [6.07, 6.45) is 7.07. The Kier molecular flexibility index (Phi) is 4.92. The average Bonchev–Trinajstić information content (AvgIpc) is 3.03. The van der Waals surface area contributed by atoms with Crippen LogP contribution in [-0.2, 0) is 29.1 Å². The number of imidazole rings is 1. The van der Waals surface area contributed by atoms with Crippen molar-refractivity contribution in [1.29, 1.82) is 0 Å². The molecule has 142 valence electrons. The van der Waals surface area contributed by atoms with Crippen LogP contribution < -0.4 is 5.32 Å². The molecule has 7 heteroatoms. The summed E-state index contributed by atoms with van der Waals surface area (Å²) < 4.78 is 2.08. The quantitative estimate of drug-likeness (QED) is 0.874.